The smallest absolute Gasteiger partial charge is 0.233 e. The van der Waals surface area contributed by atoms with Crippen LogP contribution in [0, 0.1) is 0 Å². The Hall–Kier alpha value is -2.49. The average molecular weight is 337 g/mol. The van der Waals surface area contributed by atoms with E-state index in [1.54, 1.807) is 7.11 Å². The zero-order valence-corrected chi connectivity index (χ0v) is 14.5. The number of hydrogen-bond donors (Lipinski definition) is 0. The Kier molecular flexibility index (Phi) is 4.12. The van der Waals surface area contributed by atoms with Crippen LogP contribution in [-0.4, -0.2) is 37.1 Å². The quantitative estimate of drug-likeness (QED) is 0.839. The summed E-state index contributed by atoms with van der Waals surface area (Å²) in [6, 6.07) is 17.8. The van der Waals surface area contributed by atoms with Gasteiger partial charge in [0.1, 0.15) is 17.6 Å². The van der Waals surface area contributed by atoms with E-state index in [1.165, 1.54) is 0 Å². The number of carbonyl (C=O) groups excluding carboxylic acids is 1. The van der Waals surface area contributed by atoms with Gasteiger partial charge in [0.05, 0.1) is 19.1 Å². The lowest BCUT2D eigenvalue weighted by Gasteiger charge is -2.24. The summed E-state index contributed by atoms with van der Waals surface area (Å²) in [4.78, 5) is 15.1. The van der Waals surface area contributed by atoms with Crippen LogP contribution in [0.5, 0.6) is 11.5 Å². The van der Waals surface area contributed by atoms with E-state index in [1.807, 2.05) is 59.5 Å². The van der Waals surface area contributed by atoms with E-state index in [0.29, 0.717) is 6.54 Å². The molecule has 0 radical (unpaired) electrons. The molecule has 4 nitrogen and oxygen atoms in total. The lowest BCUT2D eigenvalue weighted by molar-refractivity contribution is -0.133. The molecule has 4 rings (SSSR count). The number of para-hydroxylation sites is 1. The Morgan fingerprint density at radius 3 is 2.40 bits per heavy atom. The third-order valence-corrected chi connectivity index (χ3v) is 5.28. The Bertz CT molecular complexity index is 737. The highest BCUT2D eigenvalue weighted by Crippen LogP contribution is 2.50. The molecule has 0 bridgehead atoms. The molecule has 2 aromatic carbocycles. The Balaban J connectivity index is 1.42. The van der Waals surface area contributed by atoms with E-state index in [-0.39, 0.29) is 17.4 Å². The number of amides is 1. The first-order chi connectivity index (χ1) is 12.2. The largest absolute Gasteiger partial charge is 0.497 e. The number of benzene rings is 2. The molecule has 4 heteroatoms. The second kappa shape index (κ2) is 6.43. The third kappa shape index (κ3) is 3.09. The van der Waals surface area contributed by atoms with Crippen molar-refractivity contribution < 1.29 is 14.3 Å². The number of rotatable bonds is 5. The fourth-order valence-electron chi connectivity index (χ4n) is 3.66. The first-order valence-electron chi connectivity index (χ1n) is 8.87. The second-order valence-electron chi connectivity index (χ2n) is 6.90. The van der Waals surface area contributed by atoms with Crippen molar-refractivity contribution in [2.24, 2.45) is 0 Å². The lowest BCUT2D eigenvalue weighted by Crippen LogP contribution is -2.38. The first kappa shape index (κ1) is 16.0. The van der Waals surface area contributed by atoms with Gasteiger partial charge >= 0.3 is 0 Å². The minimum Gasteiger partial charge on any atom is -0.497 e. The van der Waals surface area contributed by atoms with E-state index < -0.39 is 0 Å². The second-order valence-corrected chi connectivity index (χ2v) is 6.90. The molecule has 2 aromatic rings. The summed E-state index contributed by atoms with van der Waals surface area (Å²) < 4.78 is 11.2. The fraction of sp³-hybridized carbons (Fsp3) is 0.381. The summed E-state index contributed by atoms with van der Waals surface area (Å²) in [5.74, 6) is 1.94. The molecule has 2 aliphatic rings. The molecular formula is C21H23NO3. The fourth-order valence-corrected chi connectivity index (χ4v) is 3.66. The maximum Gasteiger partial charge on any atom is 0.233 e. The number of hydrogen-bond acceptors (Lipinski definition) is 3. The summed E-state index contributed by atoms with van der Waals surface area (Å²) in [6.45, 7) is 1.44. The molecule has 1 heterocycles. The highest BCUT2D eigenvalue weighted by atomic mass is 16.5. The Labute approximate surface area is 148 Å². The monoisotopic (exact) mass is 337 g/mol. The highest BCUT2D eigenvalue weighted by molar-refractivity contribution is 5.91. The molecule has 0 N–H and O–H groups in total. The van der Waals surface area contributed by atoms with Crippen molar-refractivity contribution in [2.45, 2.75) is 30.8 Å². The predicted octanol–water partition coefficient (Wildman–Crippen LogP) is 3.41. The van der Waals surface area contributed by atoms with Crippen molar-refractivity contribution in [2.75, 3.05) is 20.2 Å². The van der Waals surface area contributed by atoms with Crippen molar-refractivity contribution in [3.8, 4) is 11.5 Å². The van der Waals surface area contributed by atoms with Crippen molar-refractivity contribution in [1.29, 1.82) is 0 Å². The summed E-state index contributed by atoms with van der Waals surface area (Å²) >= 11 is 0. The van der Waals surface area contributed by atoms with Crippen LogP contribution in [-0.2, 0) is 10.2 Å². The van der Waals surface area contributed by atoms with Crippen LogP contribution < -0.4 is 9.47 Å². The van der Waals surface area contributed by atoms with Gasteiger partial charge in [-0.15, -0.1) is 0 Å². The normalized spacial score (nSPS) is 21.0. The zero-order valence-electron chi connectivity index (χ0n) is 14.5. The molecule has 1 aliphatic heterocycles. The molecule has 130 valence electrons. The van der Waals surface area contributed by atoms with Crippen LogP contribution in [0.15, 0.2) is 54.6 Å². The van der Waals surface area contributed by atoms with Gasteiger partial charge in [0, 0.05) is 13.0 Å². The molecule has 1 unspecified atom stereocenters. The highest BCUT2D eigenvalue weighted by Gasteiger charge is 2.53. The van der Waals surface area contributed by atoms with Crippen LogP contribution in [0.1, 0.15) is 24.8 Å². The van der Waals surface area contributed by atoms with E-state index in [4.69, 9.17) is 9.47 Å². The van der Waals surface area contributed by atoms with Crippen molar-refractivity contribution in [1.82, 2.24) is 4.90 Å². The molecule has 1 atom stereocenters. The molecule has 25 heavy (non-hydrogen) atoms. The summed E-state index contributed by atoms with van der Waals surface area (Å²) in [7, 11) is 1.66. The maximum atomic E-state index is 13.1. The topological polar surface area (TPSA) is 38.8 Å². The van der Waals surface area contributed by atoms with Crippen molar-refractivity contribution in [3.63, 3.8) is 0 Å². The summed E-state index contributed by atoms with van der Waals surface area (Å²) in [6.07, 6.45) is 2.83. The first-order valence-corrected chi connectivity index (χ1v) is 8.87. The Morgan fingerprint density at radius 1 is 1.04 bits per heavy atom. The van der Waals surface area contributed by atoms with Gasteiger partial charge in [-0.1, -0.05) is 30.3 Å². The zero-order chi connectivity index (χ0) is 17.3. The van der Waals surface area contributed by atoms with Crippen molar-refractivity contribution >= 4 is 5.91 Å². The molecule has 1 saturated heterocycles. The van der Waals surface area contributed by atoms with Gasteiger partial charge in [-0.3, -0.25) is 4.79 Å². The minimum atomic E-state index is -0.325. The van der Waals surface area contributed by atoms with Gasteiger partial charge in [-0.05, 0) is 42.7 Å². The van der Waals surface area contributed by atoms with Gasteiger partial charge in [0.15, 0.2) is 0 Å². The maximum absolute atomic E-state index is 13.1. The predicted molar refractivity (Wildman–Crippen MR) is 96.0 cm³/mol. The lowest BCUT2D eigenvalue weighted by atomic mass is 9.94. The molecule has 2 fully saturated rings. The summed E-state index contributed by atoms with van der Waals surface area (Å²) in [5, 5.41) is 0. The minimum absolute atomic E-state index is 0.0815. The molecule has 1 saturated carbocycles. The van der Waals surface area contributed by atoms with Crippen molar-refractivity contribution in [3.05, 3.63) is 60.2 Å². The molecule has 0 aromatic heterocycles. The van der Waals surface area contributed by atoms with Gasteiger partial charge in [0.25, 0.3) is 0 Å². The van der Waals surface area contributed by atoms with E-state index in [0.717, 1.165) is 42.9 Å². The molecule has 1 amide bonds. The standard InChI is InChI=1S/C21H23NO3/c1-24-17-9-7-16(8-10-17)21(12-13-21)20(23)22-14-11-19(15-22)25-18-5-3-2-4-6-18/h2-10,19H,11-15H2,1H3. The molecular weight excluding hydrogens is 314 g/mol. The number of likely N-dealkylation sites (tertiary alicyclic amines) is 1. The van der Waals surface area contributed by atoms with E-state index >= 15 is 0 Å². The van der Waals surface area contributed by atoms with Gasteiger partial charge in [0.2, 0.25) is 5.91 Å². The summed E-state index contributed by atoms with van der Waals surface area (Å²) in [5.41, 5.74) is 0.777. The van der Waals surface area contributed by atoms with E-state index in [9.17, 15) is 4.79 Å². The number of carbonyl (C=O) groups is 1. The molecule has 0 spiro atoms. The number of methoxy groups -OCH3 is 1. The van der Waals surface area contributed by atoms with Gasteiger partial charge in [-0.2, -0.15) is 0 Å². The van der Waals surface area contributed by atoms with Crippen LogP contribution in [0.25, 0.3) is 0 Å². The van der Waals surface area contributed by atoms with Crippen LogP contribution in [0.3, 0.4) is 0 Å². The number of nitrogens with zero attached hydrogens (tertiary/aromatic N) is 1. The Morgan fingerprint density at radius 2 is 1.76 bits per heavy atom. The van der Waals surface area contributed by atoms with Crippen LogP contribution in [0.4, 0.5) is 0 Å². The molecule has 1 aliphatic carbocycles. The van der Waals surface area contributed by atoms with Gasteiger partial charge < -0.3 is 14.4 Å². The van der Waals surface area contributed by atoms with Crippen LogP contribution >= 0.6 is 0 Å². The van der Waals surface area contributed by atoms with Gasteiger partial charge in [-0.25, -0.2) is 0 Å². The van der Waals surface area contributed by atoms with E-state index in [2.05, 4.69) is 0 Å². The van der Waals surface area contributed by atoms with Crippen LogP contribution in [0.2, 0.25) is 0 Å². The number of ether oxygens (including phenoxy) is 2. The average Bonchev–Trinajstić information content (AvgIpc) is 3.35. The SMILES string of the molecule is COc1ccc(C2(C(=O)N3CCC(Oc4ccccc4)C3)CC2)cc1. The third-order valence-electron chi connectivity index (χ3n) is 5.28.